The highest BCUT2D eigenvalue weighted by Gasteiger charge is 2.26. The maximum absolute atomic E-state index is 14.4. The Morgan fingerprint density at radius 1 is 1.12 bits per heavy atom. The molecule has 0 spiro atoms. The van der Waals surface area contributed by atoms with Gasteiger partial charge >= 0.3 is 0 Å². The zero-order chi connectivity index (χ0) is 22.9. The minimum absolute atomic E-state index is 0.0675. The molecule has 0 bridgehead atoms. The number of benzene rings is 2. The number of amides is 1. The van der Waals surface area contributed by atoms with E-state index in [0.717, 1.165) is 59.1 Å². The van der Waals surface area contributed by atoms with Crippen molar-refractivity contribution in [3.05, 3.63) is 53.6 Å². The Balaban J connectivity index is 1.61. The van der Waals surface area contributed by atoms with Crippen LogP contribution in [0.15, 0.2) is 41.3 Å². The van der Waals surface area contributed by atoms with Gasteiger partial charge in [-0.3, -0.25) is 4.79 Å². The molecule has 4 rings (SSSR count). The Kier molecular flexibility index (Phi) is 6.30. The Bertz CT molecular complexity index is 1270. The van der Waals surface area contributed by atoms with E-state index < -0.39 is 26.6 Å². The fourth-order valence-corrected chi connectivity index (χ4v) is 5.72. The fraction of sp³-hybridized carbons (Fsp3) is 0.391. The number of carbonyl (C=O) groups is 1. The molecule has 0 saturated carbocycles. The predicted octanol–water partition coefficient (Wildman–Crippen LogP) is 4.18. The molecule has 0 fully saturated rings. The first-order valence-electron chi connectivity index (χ1n) is 11.0. The van der Waals surface area contributed by atoms with Crippen molar-refractivity contribution in [2.24, 2.45) is 0 Å². The van der Waals surface area contributed by atoms with E-state index >= 15 is 0 Å². The van der Waals surface area contributed by atoms with Crippen LogP contribution in [-0.2, 0) is 23.0 Å². The van der Waals surface area contributed by atoms with E-state index in [1.54, 1.807) is 19.9 Å². The van der Waals surface area contributed by atoms with Crippen LogP contribution in [-0.4, -0.2) is 41.3 Å². The summed E-state index contributed by atoms with van der Waals surface area (Å²) in [7, 11) is -4.03. The van der Waals surface area contributed by atoms with Crippen LogP contribution in [0, 0.1) is 5.82 Å². The highest BCUT2D eigenvalue weighted by molar-refractivity contribution is 7.89. The van der Waals surface area contributed by atoms with Gasteiger partial charge in [0.05, 0.1) is 11.0 Å². The third-order valence-corrected chi connectivity index (χ3v) is 7.95. The number of nitrogens with zero attached hydrogens (tertiary/aromatic N) is 3. The van der Waals surface area contributed by atoms with Crippen molar-refractivity contribution in [2.75, 3.05) is 18.4 Å². The number of aromatic nitrogens is 2. The van der Waals surface area contributed by atoms with Crippen molar-refractivity contribution in [1.82, 2.24) is 13.9 Å². The zero-order valence-electron chi connectivity index (χ0n) is 18.3. The second-order valence-electron chi connectivity index (χ2n) is 7.88. The Morgan fingerprint density at radius 2 is 1.91 bits per heavy atom. The Labute approximate surface area is 187 Å². The summed E-state index contributed by atoms with van der Waals surface area (Å²) < 4.78 is 43.3. The van der Waals surface area contributed by atoms with Gasteiger partial charge in [-0.1, -0.05) is 20.3 Å². The molecule has 9 heteroatoms. The van der Waals surface area contributed by atoms with Crippen molar-refractivity contribution in [1.29, 1.82) is 0 Å². The third-order valence-electron chi connectivity index (χ3n) is 5.88. The lowest BCUT2D eigenvalue weighted by Gasteiger charge is -2.19. The number of hydrogen-bond acceptors (Lipinski definition) is 4. The highest BCUT2D eigenvalue weighted by atomic mass is 32.2. The van der Waals surface area contributed by atoms with E-state index in [9.17, 15) is 17.6 Å². The van der Waals surface area contributed by atoms with Crippen LogP contribution in [0.25, 0.3) is 11.0 Å². The first kappa shape index (κ1) is 22.4. The van der Waals surface area contributed by atoms with Gasteiger partial charge in [0.15, 0.2) is 0 Å². The van der Waals surface area contributed by atoms with Gasteiger partial charge in [0.1, 0.15) is 16.5 Å². The molecule has 0 saturated heterocycles. The Hall–Kier alpha value is -2.78. The normalized spacial score (nSPS) is 14.4. The number of aryl methyl sites for hydroxylation is 2. The lowest BCUT2D eigenvalue weighted by atomic mass is 10.2. The number of halogens is 1. The summed E-state index contributed by atoms with van der Waals surface area (Å²) in [5, 5.41) is 2.78. The van der Waals surface area contributed by atoms with E-state index in [-0.39, 0.29) is 18.7 Å². The molecule has 2 aromatic carbocycles. The summed E-state index contributed by atoms with van der Waals surface area (Å²) in [4.78, 5) is 17.1. The third kappa shape index (κ3) is 4.14. The maximum Gasteiger partial charge on any atom is 0.255 e. The number of hydrogen-bond donors (Lipinski definition) is 1. The van der Waals surface area contributed by atoms with Gasteiger partial charge in [-0.2, -0.15) is 4.31 Å². The van der Waals surface area contributed by atoms with Gasteiger partial charge in [0, 0.05) is 37.3 Å². The molecule has 1 N–H and O–H groups in total. The lowest BCUT2D eigenvalue weighted by Crippen LogP contribution is -2.31. The van der Waals surface area contributed by atoms with Crippen LogP contribution in [0.4, 0.5) is 10.1 Å². The molecule has 2 heterocycles. The van der Waals surface area contributed by atoms with Crippen LogP contribution in [0.3, 0.4) is 0 Å². The van der Waals surface area contributed by atoms with Crippen LogP contribution in [0.2, 0.25) is 0 Å². The van der Waals surface area contributed by atoms with Crippen molar-refractivity contribution in [2.45, 2.75) is 51.0 Å². The molecule has 170 valence electrons. The number of anilines is 1. The van der Waals surface area contributed by atoms with Gasteiger partial charge in [-0.15, -0.1) is 0 Å². The van der Waals surface area contributed by atoms with Crippen LogP contribution in [0.1, 0.15) is 49.3 Å². The van der Waals surface area contributed by atoms with E-state index in [4.69, 9.17) is 4.98 Å². The quantitative estimate of drug-likeness (QED) is 0.600. The molecule has 0 radical (unpaired) electrons. The molecule has 0 aliphatic carbocycles. The van der Waals surface area contributed by atoms with E-state index in [1.807, 2.05) is 12.1 Å². The second kappa shape index (κ2) is 8.99. The lowest BCUT2D eigenvalue weighted by molar-refractivity contribution is 0.102. The summed E-state index contributed by atoms with van der Waals surface area (Å²) in [6.07, 6.45) is 4.38. The molecule has 7 nitrogen and oxygen atoms in total. The SMILES string of the molecule is CCN(CC)S(=O)(=O)c1cc(C(=O)Nc2ccc3c(c2)nc2n3CCCCC2)ccc1F. The van der Waals surface area contributed by atoms with Gasteiger partial charge in [0.25, 0.3) is 5.91 Å². The van der Waals surface area contributed by atoms with Crippen molar-refractivity contribution in [3.63, 3.8) is 0 Å². The standard InChI is InChI=1S/C23H27FN4O3S/c1-3-27(4-2)32(30,31)21-14-16(9-11-18(21)24)23(29)25-17-10-12-20-19(15-17)26-22-8-6-5-7-13-28(20)22/h9-12,14-15H,3-8,13H2,1-2H3,(H,25,29). The van der Waals surface area contributed by atoms with Gasteiger partial charge in [-0.05, 0) is 49.2 Å². The van der Waals surface area contributed by atoms with E-state index in [2.05, 4.69) is 9.88 Å². The number of rotatable bonds is 6. The molecular formula is C23H27FN4O3S. The Morgan fingerprint density at radius 3 is 2.66 bits per heavy atom. The van der Waals surface area contributed by atoms with Crippen LogP contribution >= 0.6 is 0 Å². The summed E-state index contributed by atoms with van der Waals surface area (Å²) in [5.74, 6) is -0.332. The molecule has 1 aromatic heterocycles. The summed E-state index contributed by atoms with van der Waals surface area (Å²) in [6, 6.07) is 8.94. The summed E-state index contributed by atoms with van der Waals surface area (Å²) in [5.41, 5.74) is 2.46. The van der Waals surface area contributed by atoms with Crippen LogP contribution < -0.4 is 5.32 Å². The number of sulfonamides is 1. The average Bonchev–Trinajstić information content (AvgIpc) is 2.94. The van der Waals surface area contributed by atoms with Crippen molar-refractivity contribution < 1.29 is 17.6 Å². The monoisotopic (exact) mass is 458 g/mol. The summed E-state index contributed by atoms with van der Waals surface area (Å²) in [6.45, 7) is 4.73. The molecular weight excluding hydrogens is 431 g/mol. The number of imidazole rings is 1. The fourth-order valence-electron chi connectivity index (χ4n) is 4.18. The van der Waals surface area contributed by atoms with E-state index in [0.29, 0.717) is 5.69 Å². The van der Waals surface area contributed by atoms with Gasteiger partial charge in [0.2, 0.25) is 10.0 Å². The van der Waals surface area contributed by atoms with E-state index in [1.165, 1.54) is 12.5 Å². The number of nitrogens with one attached hydrogen (secondary N) is 1. The molecule has 1 amide bonds. The second-order valence-corrected chi connectivity index (χ2v) is 9.79. The van der Waals surface area contributed by atoms with Crippen molar-refractivity contribution in [3.8, 4) is 0 Å². The van der Waals surface area contributed by atoms with Crippen molar-refractivity contribution >= 4 is 32.7 Å². The molecule has 1 aliphatic heterocycles. The number of fused-ring (bicyclic) bond motifs is 3. The molecule has 32 heavy (non-hydrogen) atoms. The molecule has 1 aliphatic rings. The minimum Gasteiger partial charge on any atom is -0.328 e. The van der Waals surface area contributed by atoms with Gasteiger partial charge in [-0.25, -0.2) is 17.8 Å². The van der Waals surface area contributed by atoms with Crippen LogP contribution in [0.5, 0.6) is 0 Å². The smallest absolute Gasteiger partial charge is 0.255 e. The zero-order valence-corrected chi connectivity index (χ0v) is 19.1. The average molecular weight is 459 g/mol. The highest BCUT2D eigenvalue weighted by Crippen LogP contribution is 2.25. The predicted molar refractivity (Wildman–Crippen MR) is 122 cm³/mol. The molecule has 0 unspecified atom stereocenters. The maximum atomic E-state index is 14.4. The summed E-state index contributed by atoms with van der Waals surface area (Å²) >= 11 is 0. The largest absolute Gasteiger partial charge is 0.328 e. The molecule has 0 atom stereocenters. The molecule has 3 aromatic rings. The topological polar surface area (TPSA) is 84.3 Å². The first-order valence-corrected chi connectivity index (χ1v) is 12.4. The number of carbonyl (C=O) groups excluding carboxylic acids is 1. The first-order chi connectivity index (χ1) is 15.3. The van der Waals surface area contributed by atoms with Gasteiger partial charge < -0.3 is 9.88 Å². The minimum atomic E-state index is -4.03.